The molecule has 9 atom stereocenters. The van der Waals surface area contributed by atoms with E-state index in [0.717, 1.165) is 20.7 Å². The number of primary amides is 1. The number of hydrogen-bond acceptors (Lipinski definition) is 13. The van der Waals surface area contributed by atoms with E-state index in [1.807, 2.05) is 0 Å². The summed E-state index contributed by atoms with van der Waals surface area (Å²) in [7, 11) is 0. The largest absolute Gasteiger partial charge is 0.481 e. The van der Waals surface area contributed by atoms with Gasteiger partial charge in [0.1, 0.15) is 48.3 Å². The molecule has 1 aromatic heterocycles. The van der Waals surface area contributed by atoms with Gasteiger partial charge in [-0.3, -0.25) is 57.5 Å². The van der Waals surface area contributed by atoms with Gasteiger partial charge in [-0.15, -0.1) is 0 Å². The second kappa shape index (κ2) is 25.1. The molecule has 0 saturated carbocycles. The van der Waals surface area contributed by atoms with Crippen LogP contribution in [0.3, 0.4) is 0 Å². The van der Waals surface area contributed by atoms with Crippen molar-refractivity contribution < 1.29 is 67.7 Å². The standard InChI is InChI=1S/C44H62N12O14/c1-21(45)36(61)52-28(13-14-33(46)57)40(65)53-29(17-25-19-47-27-10-6-5-9-26(25)27)39(64)48-20-34(58)55-15-7-11-31(55)42(67)54-30(18-35(59)60)43(68)56-16-8-12-32(56)41(66)50-23(3)37(62)49-22(2)38(63)51-24(4)44(69)70/h5-6,9-10,19,21-24,28-32,47H,7-8,11-18,20,45H2,1-4H3,(H2,46,57)(H,48,64)(H,49,62)(H,50,66)(H,51,63)(H,52,61)(H,53,65)(H,54,67)(H,59,60)(H,69,70)/t21-,22-,23-,24-,28-,29-,30-,31-,32-/m0/s1. The molecule has 4 rings (SSSR count). The molecule has 0 aliphatic carbocycles. The van der Waals surface area contributed by atoms with Crippen LogP contribution >= 0.6 is 0 Å². The summed E-state index contributed by atoms with van der Waals surface area (Å²) >= 11 is 0. The molecule has 70 heavy (non-hydrogen) atoms. The molecule has 0 bridgehead atoms. The second-order valence-electron chi connectivity index (χ2n) is 17.3. The molecule has 26 heteroatoms. The third-order valence-corrected chi connectivity index (χ3v) is 11.8. The maximum atomic E-state index is 13.9. The van der Waals surface area contributed by atoms with Gasteiger partial charge in [0.25, 0.3) is 0 Å². The van der Waals surface area contributed by atoms with Crippen LogP contribution in [0.4, 0.5) is 0 Å². The summed E-state index contributed by atoms with van der Waals surface area (Å²) < 4.78 is 0. The minimum atomic E-state index is -1.69. The van der Waals surface area contributed by atoms with Gasteiger partial charge >= 0.3 is 11.9 Å². The highest BCUT2D eigenvalue weighted by molar-refractivity contribution is 5.99. The molecule has 3 heterocycles. The molecule has 382 valence electrons. The van der Waals surface area contributed by atoms with Crippen LogP contribution in [-0.2, 0) is 64.0 Å². The number of aromatic nitrogens is 1. The Balaban J connectivity index is 1.42. The number of amides is 10. The average molecular weight is 983 g/mol. The lowest BCUT2D eigenvalue weighted by atomic mass is 10.0. The van der Waals surface area contributed by atoms with Crippen LogP contribution in [0.1, 0.15) is 78.2 Å². The highest BCUT2D eigenvalue weighted by Gasteiger charge is 2.42. The van der Waals surface area contributed by atoms with E-state index in [1.165, 1.54) is 27.7 Å². The van der Waals surface area contributed by atoms with Crippen molar-refractivity contribution in [1.82, 2.24) is 52.0 Å². The molecule has 1 aromatic carbocycles. The van der Waals surface area contributed by atoms with Crippen LogP contribution in [0, 0.1) is 0 Å². The van der Waals surface area contributed by atoms with Crippen molar-refractivity contribution in [2.75, 3.05) is 19.6 Å². The van der Waals surface area contributed by atoms with Gasteiger partial charge in [-0.25, -0.2) is 0 Å². The van der Waals surface area contributed by atoms with Crippen LogP contribution in [0.15, 0.2) is 30.5 Å². The molecule has 2 aliphatic heterocycles. The summed E-state index contributed by atoms with van der Waals surface area (Å²) in [5.74, 6) is -10.8. The fourth-order valence-electron chi connectivity index (χ4n) is 7.91. The van der Waals surface area contributed by atoms with Crippen molar-refractivity contribution in [3.05, 3.63) is 36.0 Å². The number of nitrogens with one attached hydrogen (secondary N) is 8. The number of aliphatic carboxylic acids is 2. The lowest BCUT2D eigenvalue weighted by molar-refractivity contribution is -0.147. The van der Waals surface area contributed by atoms with E-state index >= 15 is 0 Å². The van der Waals surface area contributed by atoms with Crippen LogP contribution in [0.5, 0.6) is 0 Å². The molecule has 26 nitrogen and oxygen atoms in total. The van der Waals surface area contributed by atoms with Crippen LogP contribution in [0.2, 0.25) is 0 Å². The zero-order valence-electron chi connectivity index (χ0n) is 39.2. The molecule has 14 N–H and O–H groups in total. The number of para-hydroxylation sites is 1. The van der Waals surface area contributed by atoms with Crippen LogP contribution < -0.4 is 48.7 Å². The minimum Gasteiger partial charge on any atom is -0.481 e. The number of carbonyl (C=O) groups is 12. The molecule has 2 saturated heterocycles. The Bertz CT molecular complexity index is 2340. The van der Waals surface area contributed by atoms with E-state index < -0.39 is 138 Å². The second-order valence-corrected chi connectivity index (χ2v) is 17.3. The highest BCUT2D eigenvalue weighted by atomic mass is 16.4. The van der Waals surface area contributed by atoms with Gasteiger partial charge < -0.3 is 73.7 Å². The summed E-state index contributed by atoms with van der Waals surface area (Å²) in [5, 5.41) is 36.6. The Morgan fingerprint density at radius 3 is 1.87 bits per heavy atom. The molecule has 2 aromatic rings. The summed E-state index contributed by atoms with van der Waals surface area (Å²) in [6, 6.07) is -4.26. The number of nitrogens with zero attached hydrogens (tertiary/aromatic N) is 2. The predicted octanol–water partition coefficient (Wildman–Crippen LogP) is -4.05. The first-order chi connectivity index (χ1) is 33.0. The lowest BCUT2D eigenvalue weighted by Crippen LogP contribution is -2.59. The van der Waals surface area contributed by atoms with Crippen molar-refractivity contribution in [2.24, 2.45) is 11.5 Å². The Labute approximate surface area is 401 Å². The van der Waals surface area contributed by atoms with Crippen LogP contribution in [0.25, 0.3) is 10.9 Å². The van der Waals surface area contributed by atoms with Crippen molar-refractivity contribution in [3.63, 3.8) is 0 Å². The SMILES string of the molecule is C[C@H](N)C(=O)N[C@@H](CCC(N)=O)C(=O)N[C@@H](Cc1c[nH]c2ccccc12)C(=O)NCC(=O)N1CCC[C@H]1C(=O)N[C@@H](CC(=O)O)C(=O)N1CCC[C@H]1C(=O)N[C@@H](C)C(=O)N[C@@H](C)C(=O)N[C@@H](C)C(=O)O. The number of fused-ring (bicyclic) bond motifs is 1. The topological polar surface area (TPSA) is 404 Å². The number of H-pyrrole nitrogens is 1. The zero-order valence-corrected chi connectivity index (χ0v) is 39.2. The quantitative estimate of drug-likeness (QED) is 0.0476. The summed E-state index contributed by atoms with van der Waals surface area (Å²) in [6.45, 7) is 4.61. The Kier molecular flexibility index (Phi) is 19.7. The molecule has 2 fully saturated rings. The molecule has 2 aliphatic rings. The molecule has 0 radical (unpaired) electrons. The van der Waals surface area contributed by atoms with E-state index in [-0.39, 0.29) is 45.2 Å². The monoisotopic (exact) mass is 982 g/mol. The van der Waals surface area contributed by atoms with E-state index in [0.29, 0.717) is 18.4 Å². The number of carbonyl (C=O) groups excluding carboxylic acids is 10. The fraction of sp³-hybridized carbons (Fsp3) is 0.545. The third kappa shape index (κ3) is 15.2. The van der Waals surface area contributed by atoms with Gasteiger partial charge in [0, 0.05) is 43.0 Å². The van der Waals surface area contributed by atoms with Gasteiger partial charge in [0.15, 0.2) is 0 Å². The Morgan fingerprint density at radius 2 is 1.26 bits per heavy atom. The number of hydrogen-bond donors (Lipinski definition) is 12. The number of nitrogens with two attached hydrogens (primary N) is 2. The molecular weight excluding hydrogens is 921 g/mol. The highest BCUT2D eigenvalue weighted by Crippen LogP contribution is 2.23. The van der Waals surface area contributed by atoms with Gasteiger partial charge in [0.05, 0.1) is 19.0 Å². The number of carboxylic acids is 2. The van der Waals surface area contributed by atoms with Crippen LogP contribution in [-0.4, -0.2) is 170 Å². The van der Waals surface area contributed by atoms with E-state index in [4.69, 9.17) is 16.6 Å². The first kappa shape index (κ1) is 55.0. The zero-order chi connectivity index (χ0) is 52.0. The predicted molar refractivity (Wildman–Crippen MR) is 245 cm³/mol. The number of carboxylic acid groups (broad SMARTS) is 2. The number of likely N-dealkylation sites (tertiary alicyclic amines) is 2. The fourth-order valence-corrected chi connectivity index (χ4v) is 7.91. The summed E-state index contributed by atoms with van der Waals surface area (Å²) in [4.78, 5) is 160. The maximum absolute atomic E-state index is 13.9. The van der Waals surface area contributed by atoms with Crippen molar-refractivity contribution >= 4 is 81.9 Å². The van der Waals surface area contributed by atoms with Gasteiger partial charge in [-0.2, -0.15) is 0 Å². The van der Waals surface area contributed by atoms with Gasteiger partial charge in [-0.1, -0.05) is 18.2 Å². The summed E-state index contributed by atoms with van der Waals surface area (Å²) in [6.07, 6.45) is 0.989. The number of aromatic amines is 1. The molecule has 10 amide bonds. The Morgan fingerprint density at radius 1 is 0.686 bits per heavy atom. The van der Waals surface area contributed by atoms with Gasteiger partial charge in [0.2, 0.25) is 59.1 Å². The molecular formula is C44H62N12O14. The molecule has 0 unspecified atom stereocenters. The minimum absolute atomic E-state index is 0.00643. The smallest absolute Gasteiger partial charge is 0.325 e. The van der Waals surface area contributed by atoms with E-state index in [1.54, 1.807) is 30.5 Å². The first-order valence-corrected chi connectivity index (χ1v) is 22.7. The van der Waals surface area contributed by atoms with Crippen molar-refractivity contribution in [2.45, 2.75) is 133 Å². The number of benzene rings is 1. The van der Waals surface area contributed by atoms with E-state index in [9.17, 15) is 62.6 Å². The number of rotatable bonds is 24. The lowest BCUT2D eigenvalue weighted by Gasteiger charge is -2.30. The Hall–Kier alpha value is -7.64. The first-order valence-electron chi connectivity index (χ1n) is 22.7. The van der Waals surface area contributed by atoms with Crippen molar-refractivity contribution in [1.29, 1.82) is 0 Å². The summed E-state index contributed by atoms with van der Waals surface area (Å²) in [5.41, 5.74) is 12.3. The third-order valence-electron chi connectivity index (χ3n) is 11.8. The van der Waals surface area contributed by atoms with Crippen molar-refractivity contribution in [3.8, 4) is 0 Å². The maximum Gasteiger partial charge on any atom is 0.325 e. The van der Waals surface area contributed by atoms with Gasteiger partial charge in [-0.05, 0) is 71.4 Å². The normalized spacial score (nSPS) is 18.4. The van der Waals surface area contributed by atoms with E-state index in [2.05, 4.69) is 42.2 Å². The molecule has 0 spiro atoms. The average Bonchev–Trinajstić information content (AvgIpc) is 4.09.